The van der Waals surface area contributed by atoms with E-state index in [4.69, 9.17) is 5.73 Å². The molecule has 11 heteroatoms. The minimum absolute atomic E-state index is 0. The third-order valence-corrected chi connectivity index (χ3v) is 6.99. The topological polar surface area (TPSA) is 182 Å². The molecule has 1 aromatic rings. The normalized spacial score (nSPS) is 33.3. The molecule has 1 amide bonds. The number of fused-ring (bicyclic) bond motifs is 3. The van der Waals surface area contributed by atoms with Gasteiger partial charge < -0.3 is 34.1 Å². The van der Waals surface area contributed by atoms with Crippen molar-refractivity contribution in [3.8, 4) is 5.75 Å². The van der Waals surface area contributed by atoms with E-state index in [1.54, 1.807) is 19.1 Å². The number of phenolic OH excluding ortho intramolecular Hbond substituents is 1. The average Bonchev–Trinajstić information content (AvgIpc) is 2.70. The van der Waals surface area contributed by atoms with E-state index in [1.165, 1.54) is 25.1 Å². The summed E-state index contributed by atoms with van der Waals surface area (Å²) >= 11 is 0. The van der Waals surface area contributed by atoms with Crippen molar-refractivity contribution in [2.24, 2.45) is 17.6 Å². The van der Waals surface area contributed by atoms with Gasteiger partial charge in [0.2, 0.25) is 5.78 Å². The molecule has 1 aromatic carbocycles. The van der Waals surface area contributed by atoms with Crippen LogP contribution in [0.4, 0.5) is 0 Å². The Hall–Kier alpha value is -2.44. The molecular formula is C22H26MgN2O8. The van der Waals surface area contributed by atoms with E-state index < -0.39 is 75.6 Å². The molecule has 7 N–H and O–H groups in total. The molecule has 4 rings (SSSR count). The molecule has 0 heterocycles. The molecule has 0 aliphatic heterocycles. The van der Waals surface area contributed by atoms with E-state index in [9.17, 15) is 39.9 Å². The molecule has 1 saturated carbocycles. The zero-order valence-corrected chi connectivity index (χ0v) is 19.7. The second-order valence-electron chi connectivity index (χ2n) is 8.79. The Bertz CT molecular complexity index is 1150. The van der Waals surface area contributed by atoms with Gasteiger partial charge in [-0.2, -0.15) is 0 Å². The van der Waals surface area contributed by atoms with Gasteiger partial charge in [-0.3, -0.25) is 19.3 Å². The van der Waals surface area contributed by atoms with Gasteiger partial charge in [0, 0.05) is 11.5 Å². The summed E-state index contributed by atoms with van der Waals surface area (Å²) in [5.74, 6) is -8.87. The van der Waals surface area contributed by atoms with Crippen LogP contribution in [0.15, 0.2) is 35.1 Å². The monoisotopic (exact) mass is 470 g/mol. The number of phenols is 1. The first kappa shape index (κ1) is 25.2. The summed E-state index contributed by atoms with van der Waals surface area (Å²) in [6.45, 7) is 1.68. The molecule has 33 heavy (non-hydrogen) atoms. The van der Waals surface area contributed by atoms with Crippen LogP contribution in [0.25, 0.3) is 5.76 Å². The van der Waals surface area contributed by atoms with E-state index in [2.05, 4.69) is 0 Å². The Morgan fingerprint density at radius 1 is 1.18 bits per heavy atom. The minimum atomic E-state index is -2.89. The molecule has 0 radical (unpaired) electrons. The van der Waals surface area contributed by atoms with Gasteiger partial charge >= 0.3 is 23.1 Å². The number of aromatic hydroxyl groups is 1. The Morgan fingerprint density at radius 2 is 1.79 bits per heavy atom. The van der Waals surface area contributed by atoms with Crippen LogP contribution in [0.3, 0.4) is 0 Å². The fraction of sp³-hybridized carbons (Fsp3) is 0.409. The number of Topliss-reactive ketones (excluding diaryl/α,β-unsaturated/α-hetero) is 2. The first-order chi connectivity index (χ1) is 14.9. The quantitative estimate of drug-likeness (QED) is 0.241. The van der Waals surface area contributed by atoms with Crippen LogP contribution in [0.1, 0.15) is 26.8 Å². The molecule has 0 spiro atoms. The average molecular weight is 471 g/mol. The number of aliphatic hydroxyl groups is 4. The summed E-state index contributed by atoms with van der Waals surface area (Å²) in [5.41, 5.74) is 1.47. The third kappa shape index (κ3) is 3.07. The summed E-state index contributed by atoms with van der Waals surface area (Å²) in [6, 6.07) is 3.13. The number of likely N-dealkylation sites (N-methyl/N-ethyl adjacent to an activating group) is 1. The van der Waals surface area contributed by atoms with Gasteiger partial charge in [0.15, 0.2) is 11.4 Å². The number of carbonyl (C=O) groups is 3. The molecule has 1 fully saturated rings. The van der Waals surface area contributed by atoms with Crippen molar-refractivity contribution in [2.75, 3.05) is 14.1 Å². The Balaban J connectivity index is 0.00000204. The van der Waals surface area contributed by atoms with Crippen LogP contribution in [0, 0.1) is 11.8 Å². The number of nitrogens with zero attached hydrogens (tertiary/aromatic N) is 1. The van der Waals surface area contributed by atoms with Crippen molar-refractivity contribution < 1.29 is 42.8 Å². The Kier molecular flexibility index (Phi) is 6.18. The molecule has 10 nitrogen and oxygen atoms in total. The number of hydrogen-bond acceptors (Lipinski definition) is 9. The van der Waals surface area contributed by atoms with Crippen LogP contribution in [0.5, 0.6) is 5.75 Å². The second-order valence-corrected chi connectivity index (χ2v) is 8.79. The maximum atomic E-state index is 13.7. The van der Waals surface area contributed by atoms with E-state index in [-0.39, 0.29) is 37.2 Å². The molecule has 0 aromatic heterocycles. The number of rotatable bonds is 2. The molecule has 0 unspecified atom stereocenters. The minimum Gasteiger partial charge on any atom is -1.00 e. The van der Waals surface area contributed by atoms with Crippen molar-refractivity contribution in [1.82, 2.24) is 4.90 Å². The van der Waals surface area contributed by atoms with Gasteiger partial charge in [-0.25, -0.2) is 0 Å². The van der Waals surface area contributed by atoms with Gasteiger partial charge in [0.1, 0.15) is 22.8 Å². The maximum absolute atomic E-state index is 13.7. The summed E-state index contributed by atoms with van der Waals surface area (Å²) in [6.07, 6.45) is -1.59. The molecule has 174 valence electrons. The van der Waals surface area contributed by atoms with Gasteiger partial charge in [-0.15, -0.1) is 0 Å². The third-order valence-electron chi connectivity index (χ3n) is 6.99. The molecule has 6 atom stereocenters. The van der Waals surface area contributed by atoms with Crippen LogP contribution in [-0.4, -0.2) is 103 Å². The van der Waals surface area contributed by atoms with Crippen LogP contribution < -0.4 is 5.73 Å². The first-order valence-electron chi connectivity index (χ1n) is 10.0. The number of carbonyl (C=O) groups excluding carboxylic acids is 3. The zero-order chi connectivity index (χ0) is 23.9. The largest absolute Gasteiger partial charge is 2.00 e. The fourth-order valence-corrected chi connectivity index (χ4v) is 5.58. The van der Waals surface area contributed by atoms with E-state index in [0.29, 0.717) is 5.56 Å². The Morgan fingerprint density at radius 3 is 2.33 bits per heavy atom. The van der Waals surface area contributed by atoms with E-state index in [1.807, 2.05) is 0 Å². The number of primary amides is 1. The van der Waals surface area contributed by atoms with Gasteiger partial charge in [0.25, 0.3) is 5.91 Å². The molecule has 3 aliphatic carbocycles. The first-order valence-corrected chi connectivity index (χ1v) is 10.0. The molecule has 0 saturated heterocycles. The van der Waals surface area contributed by atoms with Crippen molar-refractivity contribution in [3.63, 3.8) is 0 Å². The van der Waals surface area contributed by atoms with Crippen molar-refractivity contribution in [2.45, 2.75) is 30.6 Å². The van der Waals surface area contributed by atoms with Crippen molar-refractivity contribution in [3.05, 3.63) is 46.2 Å². The smallest absolute Gasteiger partial charge is 1.00 e. The summed E-state index contributed by atoms with van der Waals surface area (Å²) in [4.78, 5) is 40.0. The van der Waals surface area contributed by atoms with Crippen LogP contribution >= 0.6 is 0 Å². The molecular weight excluding hydrogens is 445 g/mol. The van der Waals surface area contributed by atoms with E-state index >= 15 is 0 Å². The predicted molar refractivity (Wildman–Crippen MR) is 118 cm³/mol. The number of hydrogen-bond donors (Lipinski definition) is 6. The second kappa shape index (κ2) is 8.10. The summed E-state index contributed by atoms with van der Waals surface area (Å²) < 4.78 is 0. The summed E-state index contributed by atoms with van der Waals surface area (Å²) in [5, 5.41) is 54.9. The van der Waals surface area contributed by atoms with Gasteiger partial charge in [-0.05, 0) is 31.6 Å². The Labute approximate surface area is 208 Å². The number of aliphatic hydroxyl groups excluding tert-OH is 3. The number of benzene rings is 1. The number of nitrogens with two attached hydrogens (primary N) is 1. The maximum Gasteiger partial charge on any atom is 2.00 e. The predicted octanol–water partition coefficient (Wildman–Crippen LogP) is -0.660. The van der Waals surface area contributed by atoms with Crippen molar-refractivity contribution >= 4 is 46.3 Å². The van der Waals surface area contributed by atoms with E-state index in [0.717, 1.165) is 0 Å². The molecule has 0 bridgehead atoms. The SMILES string of the molecule is C[C@H]1c2cccc(O)c2C(O)=C2C(=O)[C@]3(O)C(O)=C(C(N)=O)C(=O)[C@@H](N(C)C)[C@H]3[C@@H](O)[C@@H]21.[H-].[H-].[Mg+2]. The summed E-state index contributed by atoms with van der Waals surface area (Å²) in [7, 11) is 2.92. The van der Waals surface area contributed by atoms with Gasteiger partial charge in [-0.1, -0.05) is 19.1 Å². The van der Waals surface area contributed by atoms with Crippen LogP contribution in [-0.2, 0) is 14.4 Å². The fourth-order valence-electron chi connectivity index (χ4n) is 5.58. The number of amides is 1. The zero-order valence-electron chi connectivity index (χ0n) is 20.3. The van der Waals surface area contributed by atoms with Crippen molar-refractivity contribution in [1.29, 1.82) is 0 Å². The number of ketones is 2. The standard InChI is InChI=1S/C22H24N2O8.Mg.2H/c1-7-8-5-4-6-9(25)11(8)16(26)12-10(7)17(27)14-15(24(2)3)18(28)13(21(23)31)20(30)22(14,32)19(12)29;;;/h4-7,10,14-15,17,25-27,30,32H,1-3H3,(H2,23,31);;;/q;+2;2*-1/t7-,10+,14-,15-,17-,22-;;;/m0.../s1. The van der Waals surface area contributed by atoms with Gasteiger partial charge in [0.05, 0.1) is 23.6 Å². The molecule has 3 aliphatic rings. The van der Waals surface area contributed by atoms with Crippen LogP contribution in [0.2, 0.25) is 0 Å².